The van der Waals surface area contributed by atoms with Crippen molar-refractivity contribution in [2.75, 3.05) is 0 Å². The summed E-state index contributed by atoms with van der Waals surface area (Å²) in [5.41, 5.74) is 4.25. The Bertz CT molecular complexity index is 387. The maximum atomic E-state index is 9.03. The van der Waals surface area contributed by atoms with Gasteiger partial charge in [0.05, 0.1) is 12.0 Å². The maximum Gasteiger partial charge on any atom is 0.0718 e. The van der Waals surface area contributed by atoms with Crippen LogP contribution in [0.4, 0.5) is 0 Å². The highest BCUT2D eigenvalue weighted by molar-refractivity contribution is 5.43. The smallest absolute Gasteiger partial charge is 0.0718 e. The number of aryl methyl sites for hydroxylation is 1. The molecule has 1 aliphatic rings. The summed E-state index contributed by atoms with van der Waals surface area (Å²) in [4.78, 5) is 0. The molecule has 0 N–H and O–H groups in total. The highest BCUT2D eigenvalue weighted by atomic mass is 14.3. The molecule has 0 amide bonds. The van der Waals surface area contributed by atoms with Gasteiger partial charge in [-0.2, -0.15) is 5.26 Å². The second kappa shape index (κ2) is 4.49. The van der Waals surface area contributed by atoms with Gasteiger partial charge in [0.2, 0.25) is 0 Å². The van der Waals surface area contributed by atoms with Gasteiger partial charge in [0.25, 0.3) is 0 Å². The minimum atomic E-state index is 0.154. The van der Waals surface area contributed by atoms with Crippen LogP contribution in [0, 0.1) is 11.3 Å². The van der Waals surface area contributed by atoms with Gasteiger partial charge in [0, 0.05) is 0 Å². The van der Waals surface area contributed by atoms with E-state index in [1.54, 1.807) is 0 Å². The summed E-state index contributed by atoms with van der Waals surface area (Å²) >= 11 is 0. The van der Waals surface area contributed by atoms with E-state index in [1.165, 1.54) is 36.0 Å². The Balaban J connectivity index is 2.28. The van der Waals surface area contributed by atoms with Gasteiger partial charge in [0.1, 0.15) is 0 Å². The Hall–Kier alpha value is -1.29. The van der Waals surface area contributed by atoms with E-state index in [0.29, 0.717) is 0 Å². The van der Waals surface area contributed by atoms with E-state index >= 15 is 0 Å². The molecule has 0 radical (unpaired) electrons. The van der Waals surface area contributed by atoms with Gasteiger partial charge in [-0.15, -0.1) is 0 Å². The van der Waals surface area contributed by atoms with Gasteiger partial charge in [0.15, 0.2) is 0 Å². The molecule has 0 saturated heterocycles. The van der Waals surface area contributed by atoms with Crippen LogP contribution in [0.25, 0.3) is 0 Å². The normalized spacial score (nSPS) is 18.5. The van der Waals surface area contributed by atoms with E-state index in [0.717, 1.165) is 12.8 Å². The Morgan fingerprint density at radius 3 is 3.07 bits per heavy atom. The number of nitriles is 1. The highest BCUT2D eigenvalue weighted by Gasteiger charge is 2.23. The summed E-state index contributed by atoms with van der Waals surface area (Å²) in [7, 11) is 0. The lowest BCUT2D eigenvalue weighted by molar-refractivity contribution is 0.784. The predicted molar refractivity (Wildman–Crippen MR) is 61.7 cm³/mol. The largest absolute Gasteiger partial charge is 0.198 e. The van der Waals surface area contributed by atoms with E-state index in [9.17, 15) is 0 Å². The van der Waals surface area contributed by atoms with Gasteiger partial charge in [-0.05, 0) is 42.4 Å². The summed E-state index contributed by atoms with van der Waals surface area (Å²) in [6.45, 7) is 2.22. The fourth-order valence-electron chi connectivity index (χ4n) is 2.47. The lowest BCUT2D eigenvalue weighted by Gasteiger charge is -2.08. The highest BCUT2D eigenvalue weighted by Crippen LogP contribution is 2.34. The molecule has 15 heavy (non-hydrogen) atoms. The van der Waals surface area contributed by atoms with Crippen molar-refractivity contribution >= 4 is 0 Å². The van der Waals surface area contributed by atoms with E-state index in [1.807, 2.05) is 0 Å². The molecular formula is C14H17N. The molecule has 1 aliphatic carbocycles. The van der Waals surface area contributed by atoms with Crippen molar-refractivity contribution in [1.29, 1.82) is 5.26 Å². The Morgan fingerprint density at radius 2 is 2.33 bits per heavy atom. The molecule has 1 unspecified atom stereocenters. The summed E-state index contributed by atoms with van der Waals surface area (Å²) in [6, 6.07) is 8.88. The molecule has 0 bridgehead atoms. The van der Waals surface area contributed by atoms with Crippen LogP contribution in [-0.4, -0.2) is 0 Å². The van der Waals surface area contributed by atoms with Gasteiger partial charge >= 0.3 is 0 Å². The second-order valence-electron chi connectivity index (χ2n) is 4.31. The zero-order valence-corrected chi connectivity index (χ0v) is 9.29. The summed E-state index contributed by atoms with van der Waals surface area (Å²) in [6.07, 6.45) is 5.80. The molecular weight excluding hydrogens is 182 g/mol. The first-order valence-electron chi connectivity index (χ1n) is 5.87. The molecule has 1 atom stereocenters. The van der Waals surface area contributed by atoms with Crippen LogP contribution in [0.3, 0.4) is 0 Å². The number of hydrogen-bond donors (Lipinski definition) is 0. The summed E-state index contributed by atoms with van der Waals surface area (Å²) in [5, 5.41) is 9.03. The van der Waals surface area contributed by atoms with Crippen molar-refractivity contribution in [2.24, 2.45) is 0 Å². The van der Waals surface area contributed by atoms with Gasteiger partial charge in [-0.1, -0.05) is 31.5 Å². The van der Waals surface area contributed by atoms with Crippen molar-refractivity contribution in [2.45, 2.75) is 44.9 Å². The third-order valence-corrected chi connectivity index (χ3v) is 3.32. The lowest BCUT2D eigenvalue weighted by Crippen LogP contribution is -1.94. The summed E-state index contributed by atoms with van der Waals surface area (Å²) in [5.74, 6) is 0.154. The average Bonchev–Trinajstić information content (AvgIpc) is 2.69. The Morgan fingerprint density at radius 1 is 1.47 bits per heavy atom. The lowest BCUT2D eigenvalue weighted by atomic mass is 9.97. The SMILES string of the molecule is CCCCc1cccc2c1CCC2C#N. The van der Waals surface area contributed by atoms with Crippen molar-refractivity contribution < 1.29 is 0 Å². The van der Waals surface area contributed by atoms with Gasteiger partial charge in [-0.3, -0.25) is 0 Å². The van der Waals surface area contributed by atoms with Crippen LogP contribution >= 0.6 is 0 Å². The Kier molecular flexibility index (Phi) is 3.06. The standard InChI is InChI=1S/C14H17N/c1-2-3-5-11-6-4-7-13-12(10-15)8-9-14(11)13/h4,6-7,12H,2-3,5,8-9H2,1H3. The first-order chi connectivity index (χ1) is 7.36. The van der Waals surface area contributed by atoms with E-state index in [2.05, 4.69) is 31.2 Å². The van der Waals surface area contributed by atoms with Crippen LogP contribution in [-0.2, 0) is 12.8 Å². The van der Waals surface area contributed by atoms with Crippen LogP contribution < -0.4 is 0 Å². The molecule has 0 heterocycles. The number of hydrogen-bond acceptors (Lipinski definition) is 1. The molecule has 1 nitrogen and oxygen atoms in total. The van der Waals surface area contributed by atoms with Crippen LogP contribution in [0.5, 0.6) is 0 Å². The van der Waals surface area contributed by atoms with Crippen molar-refractivity contribution in [3.8, 4) is 6.07 Å². The fourth-order valence-corrected chi connectivity index (χ4v) is 2.47. The van der Waals surface area contributed by atoms with Gasteiger partial charge in [-0.25, -0.2) is 0 Å². The predicted octanol–water partition coefficient (Wildman–Crippen LogP) is 3.58. The first-order valence-corrected chi connectivity index (χ1v) is 5.87. The molecule has 1 aromatic carbocycles. The molecule has 0 aromatic heterocycles. The number of unbranched alkanes of at least 4 members (excludes halogenated alkanes) is 1. The van der Waals surface area contributed by atoms with E-state index in [4.69, 9.17) is 5.26 Å². The molecule has 1 aromatic rings. The van der Waals surface area contributed by atoms with Crippen molar-refractivity contribution in [3.05, 3.63) is 34.9 Å². The monoisotopic (exact) mass is 199 g/mol. The third-order valence-electron chi connectivity index (χ3n) is 3.32. The maximum absolute atomic E-state index is 9.03. The molecule has 1 heteroatoms. The third kappa shape index (κ3) is 1.90. The minimum Gasteiger partial charge on any atom is -0.198 e. The molecule has 0 fully saturated rings. The zero-order chi connectivity index (χ0) is 10.7. The van der Waals surface area contributed by atoms with E-state index in [-0.39, 0.29) is 5.92 Å². The average molecular weight is 199 g/mol. The molecule has 78 valence electrons. The summed E-state index contributed by atoms with van der Waals surface area (Å²) < 4.78 is 0. The molecule has 0 spiro atoms. The topological polar surface area (TPSA) is 23.8 Å². The number of rotatable bonds is 3. The van der Waals surface area contributed by atoms with Gasteiger partial charge < -0.3 is 0 Å². The zero-order valence-electron chi connectivity index (χ0n) is 9.29. The van der Waals surface area contributed by atoms with Crippen molar-refractivity contribution in [3.63, 3.8) is 0 Å². The molecule has 0 saturated carbocycles. The van der Waals surface area contributed by atoms with Crippen LogP contribution in [0.2, 0.25) is 0 Å². The fraction of sp³-hybridized carbons (Fsp3) is 0.500. The molecule has 0 aliphatic heterocycles. The first kappa shape index (κ1) is 10.2. The Labute approximate surface area is 91.7 Å². The quantitative estimate of drug-likeness (QED) is 0.730. The van der Waals surface area contributed by atoms with Crippen LogP contribution in [0.15, 0.2) is 18.2 Å². The second-order valence-corrected chi connectivity index (χ2v) is 4.31. The molecule has 2 rings (SSSR count). The number of nitrogens with zero attached hydrogens (tertiary/aromatic N) is 1. The number of benzene rings is 1. The minimum absolute atomic E-state index is 0.154. The van der Waals surface area contributed by atoms with E-state index < -0.39 is 0 Å². The van der Waals surface area contributed by atoms with Crippen molar-refractivity contribution in [1.82, 2.24) is 0 Å². The number of fused-ring (bicyclic) bond motifs is 1. The van der Waals surface area contributed by atoms with Crippen LogP contribution in [0.1, 0.15) is 48.8 Å².